The van der Waals surface area contributed by atoms with Crippen LogP contribution < -0.4 is 4.90 Å². The van der Waals surface area contributed by atoms with Gasteiger partial charge in [0.05, 0.1) is 12.2 Å². The molecule has 0 aliphatic carbocycles. The van der Waals surface area contributed by atoms with Gasteiger partial charge in [0, 0.05) is 34.9 Å². The average molecular weight is 343 g/mol. The minimum absolute atomic E-state index is 0.277. The highest BCUT2D eigenvalue weighted by Crippen LogP contribution is 2.34. The van der Waals surface area contributed by atoms with Crippen LogP contribution in [0.25, 0.3) is 0 Å². The summed E-state index contributed by atoms with van der Waals surface area (Å²) in [6.07, 6.45) is -0.0567. The summed E-state index contributed by atoms with van der Waals surface area (Å²) in [6, 6.07) is 6.24. The second kappa shape index (κ2) is 6.43. The Labute approximate surface area is 129 Å². The maximum absolute atomic E-state index is 10.0. The zero-order valence-electron chi connectivity index (χ0n) is 12.3. The van der Waals surface area contributed by atoms with Crippen molar-refractivity contribution in [2.75, 3.05) is 32.1 Å². The Morgan fingerprint density at radius 1 is 1.45 bits per heavy atom. The normalized spacial score (nSPS) is 24.4. The molecule has 0 saturated carbocycles. The molecule has 0 bridgehead atoms. The van der Waals surface area contributed by atoms with E-state index in [4.69, 9.17) is 0 Å². The molecular formula is C15H23BrN2O2. The van der Waals surface area contributed by atoms with Crippen LogP contribution in [0, 0.1) is 0 Å². The lowest BCUT2D eigenvalue weighted by Crippen LogP contribution is -2.38. The Morgan fingerprint density at radius 3 is 2.75 bits per heavy atom. The number of aliphatic hydroxyl groups is 2. The average Bonchev–Trinajstić information content (AvgIpc) is 2.69. The quantitative estimate of drug-likeness (QED) is 0.878. The van der Waals surface area contributed by atoms with Gasteiger partial charge in [0.25, 0.3) is 0 Å². The van der Waals surface area contributed by atoms with Gasteiger partial charge in [-0.05, 0) is 45.6 Å². The predicted molar refractivity (Wildman–Crippen MR) is 85.1 cm³/mol. The zero-order valence-corrected chi connectivity index (χ0v) is 13.8. The van der Waals surface area contributed by atoms with E-state index >= 15 is 0 Å². The summed E-state index contributed by atoms with van der Waals surface area (Å²) in [4.78, 5) is 4.36. The van der Waals surface area contributed by atoms with E-state index in [0.29, 0.717) is 6.54 Å². The fourth-order valence-electron chi connectivity index (χ4n) is 2.90. The van der Waals surface area contributed by atoms with E-state index in [0.717, 1.165) is 28.7 Å². The second-order valence-electron chi connectivity index (χ2n) is 5.84. The van der Waals surface area contributed by atoms with E-state index < -0.39 is 6.10 Å². The SMILES string of the molecule is CC(O)c1cc(Br)ccc1N1CC(O)CC1CN(C)C. The summed E-state index contributed by atoms with van der Waals surface area (Å²) in [5.41, 5.74) is 1.92. The number of β-amino-alcohol motifs (C(OH)–C–C–N with tert-alkyl or cyclic N) is 1. The van der Waals surface area contributed by atoms with Crippen molar-refractivity contribution in [3.8, 4) is 0 Å². The molecule has 1 aliphatic rings. The van der Waals surface area contributed by atoms with Crippen LogP contribution in [-0.4, -0.2) is 54.4 Å². The van der Waals surface area contributed by atoms with Crippen molar-refractivity contribution in [1.82, 2.24) is 4.90 Å². The molecule has 1 saturated heterocycles. The highest BCUT2D eigenvalue weighted by molar-refractivity contribution is 9.10. The van der Waals surface area contributed by atoms with Gasteiger partial charge in [-0.2, -0.15) is 0 Å². The molecule has 4 nitrogen and oxygen atoms in total. The molecule has 0 aromatic heterocycles. The number of likely N-dealkylation sites (N-methyl/N-ethyl adjacent to an activating group) is 1. The van der Waals surface area contributed by atoms with Crippen LogP contribution in [0.3, 0.4) is 0 Å². The van der Waals surface area contributed by atoms with Crippen molar-refractivity contribution in [1.29, 1.82) is 0 Å². The number of nitrogens with zero attached hydrogens (tertiary/aromatic N) is 2. The third-order valence-corrected chi connectivity index (χ3v) is 4.21. The molecule has 20 heavy (non-hydrogen) atoms. The number of aliphatic hydroxyl groups excluding tert-OH is 2. The van der Waals surface area contributed by atoms with Crippen LogP contribution in [-0.2, 0) is 0 Å². The highest BCUT2D eigenvalue weighted by atomic mass is 79.9. The summed E-state index contributed by atoms with van der Waals surface area (Å²) >= 11 is 3.45. The van der Waals surface area contributed by atoms with Crippen molar-refractivity contribution < 1.29 is 10.2 Å². The maximum Gasteiger partial charge on any atom is 0.0782 e. The molecule has 3 atom stereocenters. The summed E-state index contributed by atoms with van der Waals surface area (Å²) < 4.78 is 0.959. The molecule has 0 radical (unpaired) electrons. The van der Waals surface area contributed by atoms with E-state index in [9.17, 15) is 10.2 Å². The van der Waals surface area contributed by atoms with Gasteiger partial charge >= 0.3 is 0 Å². The van der Waals surface area contributed by atoms with Crippen molar-refractivity contribution >= 4 is 21.6 Å². The Balaban J connectivity index is 2.33. The lowest BCUT2D eigenvalue weighted by atomic mass is 10.1. The van der Waals surface area contributed by atoms with Crippen LogP contribution in [0.15, 0.2) is 22.7 Å². The predicted octanol–water partition coefficient (Wildman–Crippen LogP) is 2.00. The van der Waals surface area contributed by atoms with Gasteiger partial charge in [-0.15, -0.1) is 0 Å². The van der Waals surface area contributed by atoms with Crippen LogP contribution in [0.1, 0.15) is 25.0 Å². The molecule has 1 heterocycles. The maximum atomic E-state index is 10.0. The molecular weight excluding hydrogens is 320 g/mol. The largest absolute Gasteiger partial charge is 0.391 e. The number of benzene rings is 1. The fraction of sp³-hybridized carbons (Fsp3) is 0.600. The van der Waals surface area contributed by atoms with E-state index in [1.807, 2.05) is 32.3 Å². The lowest BCUT2D eigenvalue weighted by molar-refractivity contribution is 0.191. The number of anilines is 1. The molecule has 1 aromatic carbocycles. The van der Waals surface area contributed by atoms with Crippen LogP contribution in [0.4, 0.5) is 5.69 Å². The summed E-state index contributed by atoms with van der Waals surface area (Å²) in [5.74, 6) is 0. The number of hydrogen-bond acceptors (Lipinski definition) is 4. The Morgan fingerprint density at radius 2 is 2.15 bits per heavy atom. The van der Waals surface area contributed by atoms with Crippen molar-refractivity contribution in [3.63, 3.8) is 0 Å². The molecule has 5 heteroatoms. The van der Waals surface area contributed by atoms with Gasteiger partial charge in [-0.3, -0.25) is 0 Å². The van der Waals surface area contributed by atoms with Crippen LogP contribution in [0.5, 0.6) is 0 Å². The zero-order chi connectivity index (χ0) is 14.9. The molecule has 0 spiro atoms. The molecule has 2 rings (SSSR count). The topological polar surface area (TPSA) is 46.9 Å². The smallest absolute Gasteiger partial charge is 0.0782 e. The highest BCUT2D eigenvalue weighted by Gasteiger charge is 2.32. The van der Waals surface area contributed by atoms with E-state index in [-0.39, 0.29) is 12.1 Å². The first-order chi connectivity index (χ1) is 9.38. The summed E-state index contributed by atoms with van der Waals surface area (Å²) in [6.45, 7) is 3.30. The molecule has 3 unspecified atom stereocenters. The molecule has 1 fully saturated rings. The van der Waals surface area contributed by atoms with Crippen LogP contribution in [0.2, 0.25) is 0 Å². The standard InChI is InChI=1S/C15H23BrN2O2/c1-10(19)14-6-11(16)4-5-15(14)18-9-13(20)7-12(18)8-17(2)3/h4-6,10,12-13,19-20H,7-9H2,1-3H3. The Bertz CT molecular complexity index is 465. The number of halogens is 1. The summed E-state index contributed by atoms with van der Waals surface area (Å²) in [5, 5.41) is 20.0. The summed E-state index contributed by atoms with van der Waals surface area (Å²) in [7, 11) is 4.08. The minimum Gasteiger partial charge on any atom is -0.391 e. The van der Waals surface area contributed by atoms with Crippen molar-refractivity contribution in [3.05, 3.63) is 28.2 Å². The fourth-order valence-corrected chi connectivity index (χ4v) is 3.28. The molecule has 112 valence electrons. The van der Waals surface area contributed by atoms with Gasteiger partial charge < -0.3 is 20.0 Å². The van der Waals surface area contributed by atoms with Gasteiger partial charge in [0.1, 0.15) is 0 Å². The van der Waals surface area contributed by atoms with Crippen LogP contribution >= 0.6 is 15.9 Å². The van der Waals surface area contributed by atoms with Gasteiger partial charge in [0.15, 0.2) is 0 Å². The van der Waals surface area contributed by atoms with Crippen molar-refractivity contribution in [2.45, 2.75) is 31.6 Å². The molecule has 1 aliphatic heterocycles. The van der Waals surface area contributed by atoms with Gasteiger partial charge in [0.2, 0.25) is 0 Å². The van der Waals surface area contributed by atoms with E-state index in [2.05, 4.69) is 25.7 Å². The first-order valence-electron chi connectivity index (χ1n) is 6.95. The molecule has 1 aromatic rings. The first kappa shape index (κ1) is 15.8. The van der Waals surface area contributed by atoms with Gasteiger partial charge in [-0.1, -0.05) is 15.9 Å². The van der Waals surface area contributed by atoms with Crippen molar-refractivity contribution in [2.24, 2.45) is 0 Å². The number of hydrogen-bond donors (Lipinski definition) is 2. The van der Waals surface area contributed by atoms with E-state index in [1.54, 1.807) is 6.92 Å². The third-order valence-electron chi connectivity index (χ3n) is 3.72. The molecule has 0 amide bonds. The molecule has 2 N–H and O–H groups in total. The monoisotopic (exact) mass is 342 g/mol. The Kier molecular flexibility index (Phi) is 5.07. The Hall–Kier alpha value is -0.620. The minimum atomic E-state index is -0.528. The third kappa shape index (κ3) is 3.52. The lowest BCUT2D eigenvalue weighted by Gasteiger charge is -2.31. The number of rotatable bonds is 4. The van der Waals surface area contributed by atoms with Gasteiger partial charge in [-0.25, -0.2) is 0 Å². The van der Waals surface area contributed by atoms with E-state index in [1.165, 1.54) is 0 Å². The first-order valence-corrected chi connectivity index (χ1v) is 7.74. The second-order valence-corrected chi connectivity index (χ2v) is 6.75.